The molecule has 2 nitrogen and oxygen atoms in total. The average Bonchev–Trinajstić information content (AvgIpc) is 2.68. The highest BCUT2D eigenvalue weighted by atomic mass is 16.7. The smallest absolute Gasteiger partial charge is 0.160 e. The minimum atomic E-state index is 0.0168. The first-order chi connectivity index (χ1) is 12.3. The van der Waals surface area contributed by atoms with E-state index in [-0.39, 0.29) is 6.29 Å². The van der Waals surface area contributed by atoms with Gasteiger partial charge in [-0.1, -0.05) is 24.1 Å². The van der Waals surface area contributed by atoms with Crippen LogP contribution in [0.5, 0.6) is 0 Å². The molecule has 134 valence electrons. The summed E-state index contributed by atoms with van der Waals surface area (Å²) in [6.07, 6.45) is 9.03. The van der Waals surface area contributed by atoms with Gasteiger partial charge in [-0.25, -0.2) is 0 Å². The number of hydrogen-bond donors (Lipinski definition) is 0. The molecule has 0 spiro atoms. The lowest BCUT2D eigenvalue weighted by Crippen LogP contribution is -2.38. The fraction of sp³-hybridized carbons (Fsp3) is 0.565. The van der Waals surface area contributed by atoms with Crippen LogP contribution in [0.15, 0.2) is 36.9 Å². The molecule has 2 fully saturated rings. The Morgan fingerprint density at radius 1 is 1.08 bits per heavy atom. The van der Waals surface area contributed by atoms with E-state index >= 15 is 0 Å². The second-order valence-corrected chi connectivity index (χ2v) is 7.38. The van der Waals surface area contributed by atoms with Crippen molar-refractivity contribution < 1.29 is 9.47 Å². The maximum Gasteiger partial charge on any atom is 0.160 e. The molecule has 1 aromatic rings. The van der Waals surface area contributed by atoms with Crippen molar-refractivity contribution in [1.29, 1.82) is 0 Å². The molecule has 1 aliphatic heterocycles. The number of allylic oxidation sites excluding steroid dienone is 1. The number of rotatable bonds is 5. The van der Waals surface area contributed by atoms with Crippen LogP contribution in [0.1, 0.15) is 62.5 Å². The van der Waals surface area contributed by atoms with Crippen molar-refractivity contribution in [2.75, 3.05) is 13.2 Å². The van der Waals surface area contributed by atoms with E-state index in [2.05, 4.69) is 42.7 Å². The summed E-state index contributed by atoms with van der Waals surface area (Å²) >= 11 is 0. The minimum Gasteiger partial charge on any atom is -0.352 e. The SMILES string of the molecule is C=CCC[C@H]1CO[C@H](C2CCC(c3ccc(C#CC)cc3)CC2)OC1. The number of ether oxygens (including phenoxy) is 2. The topological polar surface area (TPSA) is 18.5 Å². The summed E-state index contributed by atoms with van der Waals surface area (Å²) in [6, 6.07) is 8.80. The van der Waals surface area contributed by atoms with Gasteiger partial charge in [0, 0.05) is 17.4 Å². The van der Waals surface area contributed by atoms with Gasteiger partial charge in [0.2, 0.25) is 0 Å². The lowest BCUT2D eigenvalue weighted by atomic mass is 9.78. The maximum absolute atomic E-state index is 6.04. The third kappa shape index (κ3) is 4.97. The quantitative estimate of drug-likeness (QED) is 0.537. The van der Waals surface area contributed by atoms with E-state index < -0.39 is 0 Å². The lowest BCUT2D eigenvalue weighted by molar-refractivity contribution is -0.229. The lowest BCUT2D eigenvalue weighted by Gasteiger charge is -2.37. The Labute approximate surface area is 152 Å². The Morgan fingerprint density at radius 3 is 2.36 bits per heavy atom. The van der Waals surface area contributed by atoms with Crippen molar-refractivity contribution in [3.63, 3.8) is 0 Å². The summed E-state index contributed by atoms with van der Waals surface area (Å²) in [5, 5.41) is 0. The second-order valence-electron chi connectivity index (χ2n) is 7.38. The molecule has 0 radical (unpaired) electrons. The molecule has 2 heteroatoms. The highest BCUT2D eigenvalue weighted by Gasteiger charge is 2.32. The van der Waals surface area contributed by atoms with E-state index in [4.69, 9.17) is 9.47 Å². The summed E-state index contributed by atoms with van der Waals surface area (Å²) in [6.45, 7) is 7.36. The standard InChI is InChI=1S/C23H30O2/c1-3-5-7-19-16-24-23(25-17-19)22-14-12-21(13-15-22)20-10-8-18(6-4-2)9-11-20/h3,8-11,19,21-23H,1,5,7,12-17H2,2H3/t19-,21?,22?,23-. The molecular weight excluding hydrogens is 308 g/mol. The van der Waals surface area contributed by atoms with Gasteiger partial charge in [0.25, 0.3) is 0 Å². The molecule has 1 saturated heterocycles. The van der Waals surface area contributed by atoms with Crippen LogP contribution in [0.3, 0.4) is 0 Å². The van der Waals surface area contributed by atoms with E-state index in [0.717, 1.165) is 31.6 Å². The van der Waals surface area contributed by atoms with Crippen molar-refractivity contribution in [1.82, 2.24) is 0 Å². The van der Waals surface area contributed by atoms with Gasteiger partial charge in [0.15, 0.2) is 6.29 Å². The number of hydrogen-bond acceptors (Lipinski definition) is 2. The third-order valence-corrected chi connectivity index (χ3v) is 5.58. The Bertz CT molecular complexity index is 591. The summed E-state index contributed by atoms with van der Waals surface area (Å²) in [4.78, 5) is 0. The van der Waals surface area contributed by atoms with Crippen LogP contribution in [0.25, 0.3) is 0 Å². The molecule has 1 aromatic carbocycles. The Balaban J connectivity index is 1.45. The minimum absolute atomic E-state index is 0.0168. The molecule has 0 aromatic heterocycles. The summed E-state index contributed by atoms with van der Waals surface area (Å²) in [5.74, 6) is 7.84. The molecule has 3 rings (SSSR count). The molecule has 0 N–H and O–H groups in total. The first-order valence-corrected chi connectivity index (χ1v) is 9.67. The molecule has 0 unspecified atom stereocenters. The van der Waals surface area contributed by atoms with Crippen molar-refractivity contribution in [3.8, 4) is 11.8 Å². The molecule has 0 atom stereocenters. The Hall–Kier alpha value is -1.56. The predicted molar refractivity (Wildman–Crippen MR) is 102 cm³/mol. The number of benzene rings is 1. The van der Waals surface area contributed by atoms with E-state index in [1.165, 1.54) is 31.2 Å². The van der Waals surface area contributed by atoms with Crippen LogP contribution in [-0.2, 0) is 9.47 Å². The van der Waals surface area contributed by atoms with Crippen LogP contribution in [0, 0.1) is 23.7 Å². The molecule has 1 aliphatic carbocycles. The van der Waals surface area contributed by atoms with Gasteiger partial charge in [-0.3, -0.25) is 0 Å². The fourth-order valence-electron chi connectivity index (χ4n) is 4.06. The van der Waals surface area contributed by atoms with Crippen molar-refractivity contribution in [2.24, 2.45) is 11.8 Å². The molecule has 1 saturated carbocycles. The highest BCUT2D eigenvalue weighted by molar-refractivity contribution is 5.36. The zero-order chi connectivity index (χ0) is 17.5. The van der Waals surface area contributed by atoms with Crippen molar-refractivity contribution in [3.05, 3.63) is 48.0 Å². The zero-order valence-corrected chi connectivity index (χ0v) is 15.4. The van der Waals surface area contributed by atoms with Gasteiger partial charge in [0.1, 0.15) is 0 Å². The normalized spacial score (nSPS) is 29.5. The van der Waals surface area contributed by atoms with E-state index in [9.17, 15) is 0 Å². The Kier molecular flexibility index (Phi) is 6.73. The van der Waals surface area contributed by atoms with Crippen molar-refractivity contribution >= 4 is 0 Å². The van der Waals surface area contributed by atoms with Crippen LogP contribution >= 0.6 is 0 Å². The fourth-order valence-corrected chi connectivity index (χ4v) is 4.06. The molecule has 0 bridgehead atoms. The monoisotopic (exact) mass is 338 g/mol. The maximum atomic E-state index is 6.04. The van der Waals surface area contributed by atoms with Gasteiger partial charge in [-0.05, 0) is 69.1 Å². The second kappa shape index (κ2) is 9.22. The van der Waals surface area contributed by atoms with Gasteiger partial charge >= 0.3 is 0 Å². The van der Waals surface area contributed by atoms with E-state index in [1.54, 1.807) is 0 Å². The molecule has 1 heterocycles. The highest BCUT2D eigenvalue weighted by Crippen LogP contribution is 2.39. The van der Waals surface area contributed by atoms with Gasteiger partial charge in [0.05, 0.1) is 13.2 Å². The molecule has 25 heavy (non-hydrogen) atoms. The van der Waals surface area contributed by atoms with E-state index in [0.29, 0.717) is 17.8 Å². The zero-order valence-electron chi connectivity index (χ0n) is 15.4. The largest absolute Gasteiger partial charge is 0.352 e. The van der Waals surface area contributed by atoms with Crippen LogP contribution in [-0.4, -0.2) is 19.5 Å². The third-order valence-electron chi connectivity index (χ3n) is 5.58. The molecule has 2 aliphatic rings. The van der Waals surface area contributed by atoms with Gasteiger partial charge < -0.3 is 9.47 Å². The van der Waals surface area contributed by atoms with Crippen LogP contribution in [0.4, 0.5) is 0 Å². The van der Waals surface area contributed by atoms with Crippen molar-refractivity contribution in [2.45, 2.75) is 57.7 Å². The predicted octanol–water partition coefficient (Wildman–Crippen LogP) is 5.29. The van der Waals surface area contributed by atoms with E-state index in [1.807, 2.05) is 13.0 Å². The van der Waals surface area contributed by atoms with Crippen LogP contribution < -0.4 is 0 Å². The van der Waals surface area contributed by atoms with Gasteiger partial charge in [-0.15, -0.1) is 12.5 Å². The summed E-state index contributed by atoms with van der Waals surface area (Å²) < 4.78 is 12.1. The average molecular weight is 338 g/mol. The van der Waals surface area contributed by atoms with Gasteiger partial charge in [-0.2, -0.15) is 0 Å². The molecule has 0 amide bonds. The summed E-state index contributed by atoms with van der Waals surface area (Å²) in [7, 11) is 0. The Morgan fingerprint density at radius 2 is 1.76 bits per heavy atom. The first-order valence-electron chi connectivity index (χ1n) is 9.67. The molecular formula is C23H30O2. The first kappa shape index (κ1) is 18.2. The summed E-state index contributed by atoms with van der Waals surface area (Å²) in [5.41, 5.74) is 2.56. The van der Waals surface area contributed by atoms with Crippen LogP contribution in [0.2, 0.25) is 0 Å².